The number of esters is 1. The van der Waals surface area contributed by atoms with E-state index in [0.717, 1.165) is 19.3 Å². The number of allylic oxidation sites excluding steroid dienone is 1. The van der Waals surface area contributed by atoms with Gasteiger partial charge in [-0.05, 0) is 38.3 Å². The molecule has 0 saturated carbocycles. The fourth-order valence-corrected chi connectivity index (χ4v) is 1.91. The Morgan fingerprint density at radius 3 is 2.63 bits per heavy atom. The van der Waals surface area contributed by atoms with E-state index >= 15 is 0 Å². The average molecular weight is 259 g/mol. The lowest BCUT2D eigenvalue weighted by atomic mass is 10.2. The van der Waals surface area contributed by atoms with Gasteiger partial charge in [0.15, 0.2) is 6.10 Å². The van der Waals surface area contributed by atoms with E-state index in [0.29, 0.717) is 11.3 Å². The monoisotopic (exact) mass is 259 g/mol. The number of carbonyl (C=O) groups excluding carboxylic acids is 2. The van der Waals surface area contributed by atoms with Crippen LogP contribution in [-0.2, 0) is 14.3 Å². The van der Waals surface area contributed by atoms with Crippen molar-refractivity contribution in [2.45, 2.75) is 32.3 Å². The van der Waals surface area contributed by atoms with Crippen LogP contribution in [0.2, 0.25) is 0 Å². The molecule has 0 aliphatic heterocycles. The van der Waals surface area contributed by atoms with Gasteiger partial charge < -0.3 is 10.1 Å². The first-order valence-corrected chi connectivity index (χ1v) is 6.43. The summed E-state index contributed by atoms with van der Waals surface area (Å²) < 4.78 is 5.15. The number of ether oxygens (including phenoxy) is 1. The van der Waals surface area contributed by atoms with Crippen molar-refractivity contribution in [3.63, 3.8) is 0 Å². The molecule has 4 nitrogen and oxygen atoms in total. The minimum absolute atomic E-state index is 0.321. The molecule has 1 aliphatic rings. The van der Waals surface area contributed by atoms with E-state index in [9.17, 15) is 9.59 Å². The van der Waals surface area contributed by atoms with Gasteiger partial charge >= 0.3 is 5.97 Å². The first-order chi connectivity index (χ1) is 9.16. The summed E-state index contributed by atoms with van der Waals surface area (Å²) >= 11 is 0. The van der Waals surface area contributed by atoms with Crippen molar-refractivity contribution in [3.05, 3.63) is 42.0 Å². The number of para-hydroxylation sites is 1. The highest BCUT2D eigenvalue weighted by molar-refractivity contribution is 5.97. The Kier molecular flexibility index (Phi) is 4.34. The lowest BCUT2D eigenvalue weighted by molar-refractivity contribution is -0.149. The number of amides is 1. The Balaban J connectivity index is 1.87. The fraction of sp³-hybridized carbons (Fsp3) is 0.333. The molecule has 0 heterocycles. The van der Waals surface area contributed by atoms with E-state index in [2.05, 4.69) is 5.32 Å². The highest BCUT2D eigenvalue weighted by Gasteiger charge is 2.21. The zero-order valence-electron chi connectivity index (χ0n) is 10.9. The summed E-state index contributed by atoms with van der Waals surface area (Å²) in [5, 5.41) is 2.70. The van der Waals surface area contributed by atoms with Crippen molar-refractivity contribution in [1.82, 2.24) is 0 Å². The molecule has 1 aliphatic carbocycles. The van der Waals surface area contributed by atoms with Gasteiger partial charge in [0.25, 0.3) is 5.91 Å². The van der Waals surface area contributed by atoms with E-state index in [1.807, 2.05) is 24.3 Å². The summed E-state index contributed by atoms with van der Waals surface area (Å²) in [6.45, 7) is 1.58. The number of nitrogens with one attached hydrogen (secondary N) is 1. The third-order valence-corrected chi connectivity index (χ3v) is 3.00. The number of hydrogen-bond acceptors (Lipinski definition) is 3. The first kappa shape index (κ1) is 13.3. The second-order valence-electron chi connectivity index (χ2n) is 4.52. The molecule has 0 bridgehead atoms. The Morgan fingerprint density at radius 2 is 2.00 bits per heavy atom. The molecule has 0 fully saturated rings. The third kappa shape index (κ3) is 3.68. The predicted octanol–water partition coefficient (Wildman–Crippen LogP) is 2.67. The van der Waals surface area contributed by atoms with E-state index < -0.39 is 6.10 Å². The van der Waals surface area contributed by atoms with Crippen LogP contribution in [0.3, 0.4) is 0 Å². The van der Waals surface area contributed by atoms with Crippen LogP contribution in [0.15, 0.2) is 42.0 Å². The number of benzene rings is 1. The summed E-state index contributed by atoms with van der Waals surface area (Å²) in [7, 11) is 0. The van der Waals surface area contributed by atoms with Gasteiger partial charge in [-0.3, -0.25) is 4.79 Å². The number of hydrogen-bond donors (Lipinski definition) is 1. The van der Waals surface area contributed by atoms with Crippen molar-refractivity contribution >= 4 is 17.6 Å². The molecule has 0 radical (unpaired) electrons. The molecule has 100 valence electrons. The molecule has 0 aromatic heterocycles. The minimum atomic E-state index is -0.797. The number of anilines is 1. The standard InChI is InChI=1S/C15H17NO3/c1-11(19-15(18)12-7-5-6-8-12)14(17)16-13-9-3-2-4-10-13/h2-4,7,9-11H,5-6,8H2,1H3,(H,16,17)/t11-/m1/s1. The Morgan fingerprint density at radius 1 is 1.26 bits per heavy atom. The Bertz CT molecular complexity index is 493. The molecule has 0 spiro atoms. The van der Waals surface area contributed by atoms with Gasteiger partial charge in [0.1, 0.15) is 0 Å². The van der Waals surface area contributed by atoms with Gasteiger partial charge in [-0.1, -0.05) is 24.3 Å². The van der Waals surface area contributed by atoms with Crippen LogP contribution in [0, 0.1) is 0 Å². The summed E-state index contributed by atoms with van der Waals surface area (Å²) in [5.41, 5.74) is 1.37. The topological polar surface area (TPSA) is 55.4 Å². The van der Waals surface area contributed by atoms with Crippen molar-refractivity contribution < 1.29 is 14.3 Å². The van der Waals surface area contributed by atoms with Crippen LogP contribution in [0.25, 0.3) is 0 Å². The average Bonchev–Trinajstić information content (AvgIpc) is 2.93. The van der Waals surface area contributed by atoms with E-state index in [1.165, 1.54) is 0 Å². The second-order valence-corrected chi connectivity index (χ2v) is 4.52. The smallest absolute Gasteiger partial charge is 0.334 e. The van der Waals surface area contributed by atoms with Crippen molar-refractivity contribution in [2.24, 2.45) is 0 Å². The number of rotatable bonds is 4. The maximum Gasteiger partial charge on any atom is 0.334 e. The van der Waals surface area contributed by atoms with Crippen LogP contribution in [-0.4, -0.2) is 18.0 Å². The van der Waals surface area contributed by atoms with Crippen LogP contribution in [0.4, 0.5) is 5.69 Å². The van der Waals surface area contributed by atoms with Crippen LogP contribution in [0.5, 0.6) is 0 Å². The van der Waals surface area contributed by atoms with Gasteiger partial charge in [-0.15, -0.1) is 0 Å². The summed E-state index contributed by atoms with van der Waals surface area (Å²) in [6, 6.07) is 9.09. The predicted molar refractivity (Wildman–Crippen MR) is 72.6 cm³/mol. The van der Waals surface area contributed by atoms with Gasteiger partial charge in [0, 0.05) is 11.3 Å². The molecule has 1 atom stereocenters. The largest absolute Gasteiger partial charge is 0.449 e. The van der Waals surface area contributed by atoms with Gasteiger partial charge in [-0.2, -0.15) is 0 Å². The normalized spacial score (nSPS) is 15.5. The van der Waals surface area contributed by atoms with Crippen LogP contribution in [0.1, 0.15) is 26.2 Å². The van der Waals surface area contributed by atoms with Crippen molar-refractivity contribution in [1.29, 1.82) is 0 Å². The molecule has 1 N–H and O–H groups in total. The van der Waals surface area contributed by atoms with Crippen LogP contribution < -0.4 is 5.32 Å². The highest BCUT2D eigenvalue weighted by atomic mass is 16.5. The molecule has 4 heteroatoms. The quantitative estimate of drug-likeness (QED) is 0.846. The lowest BCUT2D eigenvalue weighted by Crippen LogP contribution is -2.30. The molecule has 0 unspecified atom stereocenters. The lowest BCUT2D eigenvalue weighted by Gasteiger charge is -2.13. The molecular weight excluding hydrogens is 242 g/mol. The summed E-state index contributed by atoms with van der Waals surface area (Å²) in [4.78, 5) is 23.6. The molecule has 1 amide bonds. The Labute approximate surface area is 112 Å². The molecule has 1 aromatic carbocycles. The molecular formula is C15H17NO3. The maximum atomic E-state index is 11.9. The van der Waals surface area contributed by atoms with Crippen LogP contribution >= 0.6 is 0 Å². The zero-order chi connectivity index (χ0) is 13.7. The highest BCUT2D eigenvalue weighted by Crippen LogP contribution is 2.19. The van der Waals surface area contributed by atoms with Crippen molar-refractivity contribution in [2.75, 3.05) is 5.32 Å². The summed E-state index contributed by atoms with van der Waals surface area (Å²) in [6.07, 6.45) is 3.72. The van der Waals surface area contributed by atoms with E-state index in [4.69, 9.17) is 4.74 Å². The second kappa shape index (κ2) is 6.18. The molecule has 2 rings (SSSR count). The minimum Gasteiger partial charge on any atom is -0.449 e. The molecule has 19 heavy (non-hydrogen) atoms. The van der Waals surface area contributed by atoms with E-state index in [1.54, 1.807) is 19.1 Å². The first-order valence-electron chi connectivity index (χ1n) is 6.43. The Hall–Kier alpha value is -2.10. The SMILES string of the molecule is C[C@@H](OC(=O)C1=CCCC1)C(=O)Nc1ccccc1. The van der Waals surface area contributed by atoms with Gasteiger partial charge in [0.2, 0.25) is 0 Å². The summed E-state index contributed by atoms with van der Waals surface area (Å²) in [5.74, 6) is -0.702. The maximum absolute atomic E-state index is 11.9. The third-order valence-electron chi connectivity index (χ3n) is 3.00. The van der Waals surface area contributed by atoms with Gasteiger partial charge in [0.05, 0.1) is 0 Å². The number of carbonyl (C=O) groups is 2. The van der Waals surface area contributed by atoms with E-state index in [-0.39, 0.29) is 11.9 Å². The fourth-order valence-electron chi connectivity index (χ4n) is 1.91. The molecule has 0 saturated heterocycles. The van der Waals surface area contributed by atoms with Crippen molar-refractivity contribution in [3.8, 4) is 0 Å². The molecule has 1 aromatic rings. The van der Waals surface area contributed by atoms with Gasteiger partial charge in [-0.25, -0.2) is 4.79 Å². The zero-order valence-corrected chi connectivity index (χ0v) is 10.9.